The van der Waals surface area contributed by atoms with Crippen LogP contribution in [0.4, 0.5) is 5.69 Å². The van der Waals surface area contributed by atoms with Crippen molar-refractivity contribution < 1.29 is 14.3 Å². The number of anilines is 1. The number of fused-ring (bicyclic) bond motifs is 1. The molecule has 2 heterocycles. The maximum atomic E-state index is 12.2. The molecule has 1 aromatic heterocycles. The van der Waals surface area contributed by atoms with Crippen molar-refractivity contribution in [1.29, 1.82) is 0 Å². The molecule has 2 aliphatic rings. The second kappa shape index (κ2) is 4.70. The molecule has 102 valence electrons. The number of H-pyrrole nitrogens is 1. The van der Waals surface area contributed by atoms with Gasteiger partial charge in [-0.05, 0) is 30.7 Å². The van der Waals surface area contributed by atoms with E-state index in [1.807, 2.05) is 0 Å². The summed E-state index contributed by atoms with van der Waals surface area (Å²) in [4.78, 5) is 25.8. The first-order chi connectivity index (χ1) is 9.15. The van der Waals surface area contributed by atoms with E-state index in [2.05, 4.69) is 10.3 Å². The monoisotopic (exact) mass is 263 g/mol. The second-order valence-electron chi connectivity index (χ2n) is 5.26. The van der Waals surface area contributed by atoms with Crippen LogP contribution in [-0.2, 0) is 9.53 Å². The highest BCUT2D eigenvalue weighted by Crippen LogP contribution is 2.40. The van der Waals surface area contributed by atoms with Crippen molar-refractivity contribution >= 4 is 17.5 Å². The Hall–Kier alpha value is -1.82. The number of aromatic amines is 1. The van der Waals surface area contributed by atoms with Crippen molar-refractivity contribution in [2.45, 2.75) is 25.4 Å². The molecule has 1 saturated heterocycles. The standard InChI is InChI=1S/C13H17N3O3/c14-12(17)10-4-8(5-15-10)16-13(18)11-9-3-1-2-7(9)6-19-11/h4-5,7,9,11,15H,1-3,6H2,(H2,14,17)(H,16,18)/t7-,9-,11+/m0/s1. The molecule has 0 bridgehead atoms. The lowest BCUT2D eigenvalue weighted by Crippen LogP contribution is -2.32. The summed E-state index contributed by atoms with van der Waals surface area (Å²) >= 11 is 0. The molecule has 2 fully saturated rings. The predicted octanol–water partition coefficient (Wildman–Crippen LogP) is 0.867. The predicted molar refractivity (Wildman–Crippen MR) is 68.5 cm³/mol. The van der Waals surface area contributed by atoms with E-state index in [0.29, 0.717) is 24.1 Å². The van der Waals surface area contributed by atoms with E-state index in [1.165, 1.54) is 12.5 Å². The van der Waals surface area contributed by atoms with Crippen molar-refractivity contribution in [3.8, 4) is 0 Å². The first-order valence-corrected chi connectivity index (χ1v) is 6.56. The van der Waals surface area contributed by atoms with Crippen molar-refractivity contribution in [2.75, 3.05) is 11.9 Å². The van der Waals surface area contributed by atoms with Gasteiger partial charge in [-0.15, -0.1) is 0 Å². The molecule has 0 radical (unpaired) electrons. The molecular weight excluding hydrogens is 246 g/mol. The summed E-state index contributed by atoms with van der Waals surface area (Å²) in [7, 11) is 0. The Kier molecular flexibility index (Phi) is 3.02. The van der Waals surface area contributed by atoms with Crippen LogP contribution in [-0.4, -0.2) is 29.5 Å². The largest absolute Gasteiger partial charge is 0.368 e. The Labute approximate surface area is 110 Å². The summed E-state index contributed by atoms with van der Waals surface area (Å²) in [6.07, 6.45) is 4.59. The minimum atomic E-state index is -0.548. The van der Waals surface area contributed by atoms with Crippen molar-refractivity contribution in [2.24, 2.45) is 17.6 Å². The van der Waals surface area contributed by atoms with Crippen LogP contribution in [0, 0.1) is 11.8 Å². The van der Waals surface area contributed by atoms with Crippen LogP contribution in [0.1, 0.15) is 29.8 Å². The smallest absolute Gasteiger partial charge is 0.265 e. The Balaban J connectivity index is 1.66. The molecule has 3 atom stereocenters. The van der Waals surface area contributed by atoms with E-state index < -0.39 is 5.91 Å². The molecule has 0 aromatic carbocycles. The van der Waals surface area contributed by atoms with Gasteiger partial charge in [-0.25, -0.2) is 0 Å². The summed E-state index contributed by atoms with van der Waals surface area (Å²) < 4.78 is 5.59. The normalized spacial score (nSPS) is 29.2. The number of ether oxygens (including phenoxy) is 1. The number of carbonyl (C=O) groups is 2. The highest BCUT2D eigenvalue weighted by Gasteiger charge is 2.43. The summed E-state index contributed by atoms with van der Waals surface area (Å²) in [5.41, 5.74) is 5.97. The maximum Gasteiger partial charge on any atom is 0.265 e. The van der Waals surface area contributed by atoms with Gasteiger partial charge in [0.1, 0.15) is 11.8 Å². The van der Waals surface area contributed by atoms with Crippen LogP contribution in [0.15, 0.2) is 12.3 Å². The number of nitrogens with one attached hydrogen (secondary N) is 2. The fraction of sp³-hybridized carbons (Fsp3) is 0.538. The molecule has 6 nitrogen and oxygen atoms in total. The molecule has 1 aliphatic heterocycles. The number of carbonyl (C=O) groups excluding carboxylic acids is 2. The van der Waals surface area contributed by atoms with Gasteiger partial charge in [-0.1, -0.05) is 6.42 Å². The molecule has 6 heteroatoms. The number of hydrogen-bond donors (Lipinski definition) is 3. The number of nitrogens with two attached hydrogens (primary N) is 1. The highest BCUT2D eigenvalue weighted by atomic mass is 16.5. The molecule has 4 N–H and O–H groups in total. The van der Waals surface area contributed by atoms with Crippen LogP contribution in [0.25, 0.3) is 0 Å². The first-order valence-electron chi connectivity index (χ1n) is 6.56. The van der Waals surface area contributed by atoms with Gasteiger partial charge in [-0.3, -0.25) is 9.59 Å². The van der Waals surface area contributed by atoms with Gasteiger partial charge in [0.2, 0.25) is 0 Å². The van der Waals surface area contributed by atoms with Gasteiger partial charge in [0.05, 0.1) is 12.3 Å². The minimum Gasteiger partial charge on any atom is -0.368 e. The van der Waals surface area contributed by atoms with Crippen LogP contribution < -0.4 is 11.1 Å². The lowest BCUT2D eigenvalue weighted by atomic mass is 9.94. The molecule has 3 rings (SSSR count). The zero-order chi connectivity index (χ0) is 13.4. The van der Waals surface area contributed by atoms with E-state index in [0.717, 1.165) is 12.8 Å². The minimum absolute atomic E-state index is 0.135. The van der Waals surface area contributed by atoms with Gasteiger partial charge in [0, 0.05) is 6.20 Å². The van der Waals surface area contributed by atoms with Gasteiger partial charge < -0.3 is 20.8 Å². The Morgan fingerprint density at radius 1 is 1.42 bits per heavy atom. The number of rotatable bonds is 3. The summed E-state index contributed by atoms with van der Waals surface area (Å²) in [6, 6.07) is 1.53. The lowest BCUT2D eigenvalue weighted by molar-refractivity contribution is -0.126. The fourth-order valence-corrected chi connectivity index (χ4v) is 3.11. The van der Waals surface area contributed by atoms with Crippen LogP contribution in [0.3, 0.4) is 0 Å². The average molecular weight is 263 g/mol. The number of aromatic nitrogens is 1. The molecule has 1 aliphatic carbocycles. The Morgan fingerprint density at radius 3 is 3.00 bits per heavy atom. The van der Waals surface area contributed by atoms with Gasteiger partial charge in [-0.2, -0.15) is 0 Å². The SMILES string of the molecule is NC(=O)c1cc(NC(=O)[C@@H]2OC[C@@H]3CCC[C@@H]32)c[nH]1. The van der Waals surface area contributed by atoms with Crippen LogP contribution in [0.2, 0.25) is 0 Å². The van der Waals surface area contributed by atoms with E-state index in [4.69, 9.17) is 10.5 Å². The zero-order valence-electron chi connectivity index (χ0n) is 10.5. The van der Waals surface area contributed by atoms with Crippen LogP contribution >= 0.6 is 0 Å². The molecule has 19 heavy (non-hydrogen) atoms. The third kappa shape index (κ3) is 2.23. The van der Waals surface area contributed by atoms with Gasteiger partial charge in [0.25, 0.3) is 11.8 Å². The molecule has 2 amide bonds. The first kappa shape index (κ1) is 12.2. The second-order valence-corrected chi connectivity index (χ2v) is 5.26. The van der Waals surface area contributed by atoms with E-state index >= 15 is 0 Å². The van der Waals surface area contributed by atoms with Crippen molar-refractivity contribution in [3.63, 3.8) is 0 Å². The number of primary amides is 1. The number of amides is 2. The summed E-state index contributed by atoms with van der Waals surface area (Å²) in [5, 5.41) is 2.77. The van der Waals surface area contributed by atoms with Crippen molar-refractivity contribution in [1.82, 2.24) is 4.98 Å². The molecular formula is C13H17N3O3. The van der Waals surface area contributed by atoms with Gasteiger partial charge in [0.15, 0.2) is 0 Å². The Bertz CT molecular complexity index is 511. The van der Waals surface area contributed by atoms with E-state index in [1.54, 1.807) is 6.20 Å². The average Bonchev–Trinajstić information content (AvgIpc) is 3.03. The third-order valence-electron chi connectivity index (χ3n) is 4.07. The summed E-state index contributed by atoms with van der Waals surface area (Å²) in [5.74, 6) is 0.190. The van der Waals surface area contributed by atoms with E-state index in [-0.39, 0.29) is 17.7 Å². The zero-order valence-corrected chi connectivity index (χ0v) is 10.5. The van der Waals surface area contributed by atoms with Crippen molar-refractivity contribution in [3.05, 3.63) is 18.0 Å². The molecule has 1 saturated carbocycles. The third-order valence-corrected chi connectivity index (χ3v) is 4.07. The highest BCUT2D eigenvalue weighted by molar-refractivity contribution is 5.97. The van der Waals surface area contributed by atoms with Crippen LogP contribution in [0.5, 0.6) is 0 Å². The molecule has 1 aromatic rings. The maximum absolute atomic E-state index is 12.2. The molecule has 0 unspecified atom stereocenters. The van der Waals surface area contributed by atoms with E-state index in [9.17, 15) is 9.59 Å². The lowest BCUT2D eigenvalue weighted by Gasteiger charge is -2.15. The quantitative estimate of drug-likeness (QED) is 0.754. The fourth-order valence-electron chi connectivity index (χ4n) is 3.11. The summed E-state index contributed by atoms with van der Waals surface area (Å²) in [6.45, 7) is 0.683. The Morgan fingerprint density at radius 2 is 2.26 bits per heavy atom. The molecule has 0 spiro atoms. The van der Waals surface area contributed by atoms with Gasteiger partial charge >= 0.3 is 0 Å². The number of hydrogen-bond acceptors (Lipinski definition) is 3. The topological polar surface area (TPSA) is 97.2 Å².